The molecule has 0 bridgehead atoms. The summed E-state index contributed by atoms with van der Waals surface area (Å²) in [4.78, 5) is 16.2. The monoisotopic (exact) mass is 524 g/mol. The van der Waals surface area contributed by atoms with Gasteiger partial charge in [-0.25, -0.2) is 4.99 Å². The van der Waals surface area contributed by atoms with Gasteiger partial charge in [-0.3, -0.25) is 4.79 Å². The van der Waals surface area contributed by atoms with Gasteiger partial charge in [-0.1, -0.05) is 11.6 Å². The molecule has 1 aliphatic rings. The third kappa shape index (κ3) is 7.90. The van der Waals surface area contributed by atoms with E-state index in [-0.39, 0.29) is 35.8 Å². The van der Waals surface area contributed by atoms with E-state index in [2.05, 4.69) is 20.9 Å². The molecule has 0 heterocycles. The lowest BCUT2D eigenvalue weighted by atomic mass is 10.2. The zero-order valence-corrected chi connectivity index (χ0v) is 19.7. The highest BCUT2D eigenvalue weighted by Crippen LogP contribution is 2.36. The number of hydrogen-bond donors (Lipinski definition) is 3. The molecule has 3 N–H and O–H groups in total. The molecule has 1 amide bonds. The summed E-state index contributed by atoms with van der Waals surface area (Å²) in [6, 6.07) is 3.71. The molecule has 1 saturated carbocycles. The van der Waals surface area contributed by atoms with Crippen LogP contribution >= 0.6 is 35.6 Å². The second-order valence-corrected chi connectivity index (χ2v) is 6.64. The van der Waals surface area contributed by atoms with Gasteiger partial charge in [0.05, 0.1) is 25.3 Å². The minimum absolute atomic E-state index is 0. The molecule has 2 rings (SSSR count). The van der Waals surface area contributed by atoms with Crippen molar-refractivity contribution in [1.29, 1.82) is 0 Å². The van der Waals surface area contributed by atoms with Gasteiger partial charge in [-0.15, -0.1) is 24.0 Å². The normalized spacial score (nSPS) is 13.4. The highest BCUT2D eigenvalue weighted by Gasteiger charge is 2.28. The van der Waals surface area contributed by atoms with E-state index in [4.69, 9.17) is 21.1 Å². The zero-order valence-electron chi connectivity index (χ0n) is 16.6. The molecule has 0 spiro atoms. The molecule has 158 valence electrons. The molecular weight excluding hydrogens is 495 g/mol. The van der Waals surface area contributed by atoms with Crippen LogP contribution in [0.1, 0.15) is 32.3 Å². The van der Waals surface area contributed by atoms with E-state index >= 15 is 0 Å². The maximum atomic E-state index is 11.6. The first-order valence-electron chi connectivity index (χ1n) is 9.38. The van der Waals surface area contributed by atoms with Crippen molar-refractivity contribution in [3.8, 4) is 11.5 Å². The molecule has 1 fully saturated rings. The average molecular weight is 525 g/mol. The quantitative estimate of drug-likeness (QED) is 0.190. The van der Waals surface area contributed by atoms with Crippen LogP contribution in [-0.2, 0) is 11.3 Å². The van der Waals surface area contributed by atoms with Crippen LogP contribution in [0.5, 0.6) is 11.5 Å². The molecule has 1 aromatic carbocycles. The average Bonchev–Trinajstić information content (AvgIpc) is 3.50. The fourth-order valence-electron chi connectivity index (χ4n) is 2.52. The number of methoxy groups -OCH3 is 1. The molecule has 0 aliphatic heterocycles. The van der Waals surface area contributed by atoms with E-state index in [1.165, 1.54) is 0 Å². The SMILES string of the molecule is CCNC(=NCc1cc(Cl)c(OCC)c(OC)c1)NCCNC(=O)C1CC1.I. The van der Waals surface area contributed by atoms with Crippen LogP contribution in [0.25, 0.3) is 0 Å². The van der Waals surface area contributed by atoms with Gasteiger partial charge >= 0.3 is 0 Å². The number of carbonyl (C=O) groups excluding carboxylic acids is 1. The molecule has 0 saturated heterocycles. The molecule has 7 nitrogen and oxygen atoms in total. The van der Waals surface area contributed by atoms with Gasteiger partial charge in [0.1, 0.15) is 0 Å². The summed E-state index contributed by atoms with van der Waals surface area (Å²) in [6.45, 7) is 6.78. The van der Waals surface area contributed by atoms with Gasteiger partial charge in [0.2, 0.25) is 5.91 Å². The molecule has 0 unspecified atom stereocenters. The molecule has 28 heavy (non-hydrogen) atoms. The van der Waals surface area contributed by atoms with E-state index in [1.54, 1.807) is 7.11 Å². The lowest BCUT2D eigenvalue weighted by molar-refractivity contribution is -0.122. The van der Waals surface area contributed by atoms with E-state index in [1.807, 2.05) is 26.0 Å². The number of hydrogen-bond acceptors (Lipinski definition) is 4. The molecule has 1 aliphatic carbocycles. The number of rotatable bonds is 10. The van der Waals surface area contributed by atoms with E-state index < -0.39 is 0 Å². The number of guanidine groups is 1. The number of ether oxygens (including phenoxy) is 2. The predicted molar refractivity (Wildman–Crippen MR) is 123 cm³/mol. The lowest BCUT2D eigenvalue weighted by Crippen LogP contribution is -2.41. The maximum absolute atomic E-state index is 11.6. The first kappa shape index (κ1) is 24.6. The van der Waals surface area contributed by atoms with Crippen LogP contribution in [0.4, 0.5) is 0 Å². The highest BCUT2D eigenvalue weighted by atomic mass is 127. The fourth-order valence-corrected chi connectivity index (χ4v) is 2.81. The Hall–Kier alpha value is -1.42. The van der Waals surface area contributed by atoms with Crippen molar-refractivity contribution >= 4 is 47.4 Å². The number of amides is 1. The number of aliphatic imine (C=N–C) groups is 1. The third-order valence-electron chi connectivity index (χ3n) is 4.01. The number of nitrogens with one attached hydrogen (secondary N) is 3. The minimum atomic E-state index is 0. The number of benzene rings is 1. The van der Waals surface area contributed by atoms with Crippen LogP contribution in [-0.4, -0.2) is 45.2 Å². The Balaban J connectivity index is 0.00000392. The summed E-state index contributed by atoms with van der Waals surface area (Å²) in [7, 11) is 1.59. The Morgan fingerprint density at radius 1 is 1.21 bits per heavy atom. The third-order valence-corrected chi connectivity index (χ3v) is 4.29. The first-order valence-corrected chi connectivity index (χ1v) is 9.75. The summed E-state index contributed by atoms with van der Waals surface area (Å²) >= 11 is 6.31. The summed E-state index contributed by atoms with van der Waals surface area (Å²) in [5, 5.41) is 9.83. The van der Waals surface area contributed by atoms with Gasteiger partial charge in [0.25, 0.3) is 0 Å². The molecule has 0 radical (unpaired) electrons. The van der Waals surface area contributed by atoms with Crippen molar-refractivity contribution < 1.29 is 14.3 Å². The van der Waals surface area contributed by atoms with Crippen LogP contribution in [0, 0.1) is 5.92 Å². The van der Waals surface area contributed by atoms with E-state index in [0.29, 0.717) is 48.7 Å². The molecule has 0 atom stereocenters. The molecule has 0 aromatic heterocycles. The lowest BCUT2D eigenvalue weighted by Gasteiger charge is -2.14. The fraction of sp³-hybridized carbons (Fsp3) is 0.579. The van der Waals surface area contributed by atoms with Gasteiger partial charge < -0.3 is 25.4 Å². The van der Waals surface area contributed by atoms with Gasteiger partial charge in [0, 0.05) is 25.6 Å². The van der Waals surface area contributed by atoms with Crippen molar-refractivity contribution in [2.45, 2.75) is 33.2 Å². The van der Waals surface area contributed by atoms with Crippen LogP contribution in [0.2, 0.25) is 5.02 Å². The van der Waals surface area contributed by atoms with Crippen LogP contribution < -0.4 is 25.4 Å². The Bertz CT molecular complexity index is 669. The Morgan fingerprint density at radius 2 is 1.93 bits per heavy atom. The highest BCUT2D eigenvalue weighted by molar-refractivity contribution is 14.0. The van der Waals surface area contributed by atoms with Crippen LogP contribution in [0.3, 0.4) is 0 Å². The van der Waals surface area contributed by atoms with Crippen molar-refractivity contribution in [2.75, 3.05) is 33.4 Å². The molecule has 1 aromatic rings. The first-order chi connectivity index (χ1) is 13.1. The largest absolute Gasteiger partial charge is 0.493 e. The molecular formula is C19H30ClIN4O3. The second kappa shape index (κ2) is 12.9. The standard InChI is InChI=1S/C19H29ClN4O3.HI/c1-4-21-19(23-9-8-22-18(25)14-6-7-14)24-12-13-10-15(20)17(27-5-2)16(11-13)26-3;/h10-11,14H,4-9,12H2,1-3H3,(H,22,25)(H2,21,23,24);1H. The van der Waals surface area contributed by atoms with Crippen molar-refractivity contribution in [3.05, 3.63) is 22.7 Å². The number of halogens is 2. The van der Waals surface area contributed by atoms with E-state index in [0.717, 1.165) is 24.9 Å². The number of carbonyl (C=O) groups is 1. The topological polar surface area (TPSA) is 84.0 Å². The zero-order chi connectivity index (χ0) is 19.6. The van der Waals surface area contributed by atoms with Gasteiger partial charge in [-0.2, -0.15) is 0 Å². The Morgan fingerprint density at radius 3 is 2.54 bits per heavy atom. The smallest absolute Gasteiger partial charge is 0.223 e. The predicted octanol–water partition coefficient (Wildman–Crippen LogP) is 2.95. The van der Waals surface area contributed by atoms with Gasteiger partial charge in [-0.05, 0) is 44.4 Å². The van der Waals surface area contributed by atoms with Crippen molar-refractivity contribution in [3.63, 3.8) is 0 Å². The summed E-state index contributed by atoms with van der Waals surface area (Å²) in [6.07, 6.45) is 2.02. The van der Waals surface area contributed by atoms with E-state index in [9.17, 15) is 4.79 Å². The van der Waals surface area contributed by atoms with Crippen LogP contribution in [0.15, 0.2) is 17.1 Å². The minimum Gasteiger partial charge on any atom is -0.493 e. The summed E-state index contributed by atoms with van der Waals surface area (Å²) in [5.41, 5.74) is 0.916. The van der Waals surface area contributed by atoms with Gasteiger partial charge in [0.15, 0.2) is 17.5 Å². The Labute approximate surface area is 189 Å². The summed E-state index contributed by atoms with van der Waals surface area (Å²) in [5.74, 6) is 2.20. The number of nitrogens with zero attached hydrogens (tertiary/aromatic N) is 1. The molecule has 9 heteroatoms. The summed E-state index contributed by atoms with van der Waals surface area (Å²) < 4.78 is 10.9. The maximum Gasteiger partial charge on any atom is 0.223 e. The van der Waals surface area contributed by atoms with Crippen molar-refractivity contribution in [1.82, 2.24) is 16.0 Å². The van der Waals surface area contributed by atoms with Crippen molar-refractivity contribution in [2.24, 2.45) is 10.9 Å². The second-order valence-electron chi connectivity index (χ2n) is 6.23. The Kier molecular flexibility index (Phi) is 11.4.